The largest absolute Gasteiger partial charge is 0.509 e. The van der Waals surface area contributed by atoms with Gasteiger partial charge >= 0.3 is 18.1 Å². The van der Waals surface area contributed by atoms with Crippen LogP contribution in [0.3, 0.4) is 0 Å². The zero-order chi connectivity index (χ0) is 17.4. The average molecular weight is 344 g/mol. The smallest absolute Gasteiger partial charge is 0.481 e. The summed E-state index contributed by atoms with van der Waals surface area (Å²) >= 11 is 0. The first-order chi connectivity index (χ1) is 9.14. The molecule has 0 aromatic heterocycles. The Labute approximate surface area is 136 Å². The van der Waals surface area contributed by atoms with Crippen molar-refractivity contribution in [2.75, 3.05) is 0 Å². The topological polar surface area (TPSA) is 136 Å². The second kappa shape index (κ2) is 10.2. The number of hydrogen-bond donors (Lipinski definition) is 3. The first-order valence-corrected chi connectivity index (χ1v) is 6.26. The van der Waals surface area contributed by atoms with Crippen LogP contribution in [0.2, 0.25) is 0 Å². The SMILES string of the molecule is CC(C)(C)OC(=O)OC(C)(C)C.Cl.NC(CC(=O)O)C(=O)O. The summed E-state index contributed by atoms with van der Waals surface area (Å²) in [5.41, 5.74) is 3.87. The highest BCUT2D eigenvalue weighted by molar-refractivity contribution is 5.85. The maximum Gasteiger partial charge on any atom is 0.509 e. The fourth-order valence-corrected chi connectivity index (χ4v) is 0.796. The molecule has 0 saturated heterocycles. The second-order valence-corrected chi connectivity index (χ2v) is 6.22. The molecule has 0 aromatic rings. The molecule has 0 radical (unpaired) electrons. The number of carbonyl (C=O) groups is 3. The lowest BCUT2D eigenvalue weighted by atomic mass is 10.2. The highest BCUT2D eigenvalue weighted by Gasteiger charge is 2.22. The quantitative estimate of drug-likeness (QED) is 0.662. The van der Waals surface area contributed by atoms with Crippen molar-refractivity contribution in [2.45, 2.75) is 65.2 Å². The summed E-state index contributed by atoms with van der Waals surface area (Å²) in [6.45, 7) is 10.8. The van der Waals surface area contributed by atoms with Gasteiger partial charge in [0.05, 0.1) is 6.42 Å². The summed E-state index contributed by atoms with van der Waals surface area (Å²) in [6, 6.07) is -1.29. The Kier molecular flexibility index (Phi) is 11.8. The van der Waals surface area contributed by atoms with E-state index < -0.39 is 41.8 Å². The van der Waals surface area contributed by atoms with E-state index in [1.54, 1.807) is 41.5 Å². The Morgan fingerprint density at radius 1 is 0.955 bits per heavy atom. The number of aliphatic carboxylic acids is 2. The normalized spacial score (nSPS) is 12.0. The van der Waals surface area contributed by atoms with Crippen LogP contribution in [-0.4, -0.2) is 45.6 Å². The predicted octanol–water partition coefficient (Wildman–Crippen LogP) is 2.03. The fraction of sp³-hybridized carbons (Fsp3) is 0.769. The molecule has 22 heavy (non-hydrogen) atoms. The lowest BCUT2D eigenvalue weighted by Gasteiger charge is -2.24. The van der Waals surface area contributed by atoms with Crippen molar-refractivity contribution in [3.63, 3.8) is 0 Å². The van der Waals surface area contributed by atoms with E-state index in [1.807, 2.05) is 0 Å². The summed E-state index contributed by atoms with van der Waals surface area (Å²) in [5, 5.41) is 16.0. The van der Waals surface area contributed by atoms with Crippen molar-refractivity contribution < 1.29 is 34.1 Å². The van der Waals surface area contributed by atoms with E-state index in [4.69, 9.17) is 25.4 Å². The summed E-state index contributed by atoms with van der Waals surface area (Å²) in [5.74, 6) is -2.50. The van der Waals surface area contributed by atoms with Gasteiger partial charge in [0.25, 0.3) is 0 Å². The molecular weight excluding hydrogens is 318 g/mol. The molecule has 4 N–H and O–H groups in total. The number of ether oxygens (including phenoxy) is 2. The van der Waals surface area contributed by atoms with Gasteiger partial charge in [0.15, 0.2) is 0 Å². The third kappa shape index (κ3) is 20.8. The first-order valence-electron chi connectivity index (χ1n) is 6.26. The molecule has 8 nitrogen and oxygen atoms in total. The second-order valence-electron chi connectivity index (χ2n) is 6.22. The Morgan fingerprint density at radius 3 is 1.41 bits per heavy atom. The van der Waals surface area contributed by atoms with Gasteiger partial charge in [-0.05, 0) is 41.5 Å². The number of carboxylic acids is 2. The van der Waals surface area contributed by atoms with Gasteiger partial charge in [-0.15, -0.1) is 12.4 Å². The number of rotatable bonds is 3. The molecule has 0 heterocycles. The zero-order valence-corrected chi connectivity index (χ0v) is 14.5. The van der Waals surface area contributed by atoms with E-state index in [2.05, 4.69) is 0 Å². The van der Waals surface area contributed by atoms with Crippen LogP contribution in [0.4, 0.5) is 4.79 Å². The first kappa shape index (κ1) is 25.4. The van der Waals surface area contributed by atoms with Crippen LogP contribution in [0.1, 0.15) is 48.0 Å². The average Bonchev–Trinajstić information content (AvgIpc) is 2.10. The van der Waals surface area contributed by atoms with Crippen molar-refractivity contribution in [2.24, 2.45) is 5.73 Å². The van der Waals surface area contributed by atoms with Gasteiger partial charge in [-0.25, -0.2) is 4.79 Å². The maximum atomic E-state index is 11.0. The van der Waals surface area contributed by atoms with Crippen LogP contribution in [0, 0.1) is 0 Å². The van der Waals surface area contributed by atoms with Gasteiger partial charge in [0.1, 0.15) is 17.2 Å². The van der Waals surface area contributed by atoms with Crippen LogP contribution in [0.5, 0.6) is 0 Å². The monoisotopic (exact) mass is 343 g/mol. The maximum absolute atomic E-state index is 11.0. The summed E-state index contributed by atoms with van der Waals surface area (Å²) in [6.07, 6.45) is -1.15. The molecule has 1 unspecified atom stereocenters. The number of carboxylic acid groups (broad SMARTS) is 2. The van der Waals surface area contributed by atoms with Gasteiger partial charge in [0, 0.05) is 0 Å². The van der Waals surface area contributed by atoms with Crippen LogP contribution in [-0.2, 0) is 19.1 Å². The highest BCUT2D eigenvalue weighted by Crippen LogP contribution is 2.13. The van der Waals surface area contributed by atoms with E-state index in [0.29, 0.717) is 0 Å². The van der Waals surface area contributed by atoms with Crippen LogP contribution < -0.4 is 5.73 Å². The minimum Gasteiger partial charge on any atom is -0.481 e. The predicted molar refractivity (Wildman–Crippen MR) is 82.2 cm³/mol. The number of halogens is 1. The summed E-state index contributed by atoms with van der Waals surface area (Å²) in [4.78, 5) is 30.6. The molecular formula is C13H26ClNO7. The van der Waals surface area contributed by atoms with Gasteiger partial charge in [0.2, 0.25) is 0 Å². The Balaban J connectivity index is -0.000000326. The molecule has 0 aliphatic carbocycles. The van der Waals surface area contributed by atoms with Crippen LogP contribution >= 0.6 is 12.4 Å². The van der Waals surface area contributed by atoms with Crippen molar-refractivity contribution in [3.05, 3.63) is 0 Å². The van der Waals surface area contributed by atoms with Gasteiger partial charge in [-0.3, -0.25) is 9.59 Å². The lowest BCUT2D eigenvalue weighted by Crippen LogP contribution is -2.32. The van der Waals surface area contributed by atoms with E-state index in [1.165, 1.54) is 0 Å². The highest BCUT2D eigenvalue weighted by atomic mass is 35.5. The molecule has 0 fully saturated rings. The molecule has 0 aliphatic rings. The zero-order valence-electron chi connectivity index (χ0n) is 13.7. The minimum absolute atomic E-state index is 0. The number of hydrogen-bond acceptors (Lipinski definition) is 6. The Morgan fingerprint density at radius 2 is 1.27 bits per heavy atom. The van der Waals surface area contributed by atoms with Gasteiger partial charge in [-0.2, -0.15) is 0 Å². The minimum atomic E-state index is -1.29. The van der Waals surface area contributed by atoms with Crippen molar-refractivity contribution in [1.82, 2.24) is 0 Å². The molecule has 1 atom stereocenters. The van der Waals surface area contributed by atoms with E-state index in [9.17, 15) is 14.4 Å². The standard InChI is InChI=1S/C9H18O3.C4H7NO4.ClH/c1-8(2,3)11-7(10)12-9(4,5)6;5-2(4(8)9)1-3(6)7;/h1-6H3;2H,1,5H2,(H,6,7)(H,8,9);1H. The number of carbonyl (C=O) groups excluding carboxylic acids is 1. The third-order valence-electron chi connectivity index (χ3n) is 1.49. The lowest BCUT2D eigenvalue weighted by molar-refractivity contribution is -0.144. The van der Waals surface area contributed by atoms with Gasteiger partial charge < -0.3 is 25.4 Å². The van der Waals surface area contributed by atoms with Crippen molar-refractivity contribution in [1.29, 1.82) is 0 Å². The molecule has 0 aliphatic heterocycles. The Hall–Kier alpha value is -1.54. The van der Waals surface area contributed by atoms with E-state index in [0.717, 1.165) is 0 Å². The Bertz CT molecular complexity index is 354. The van der Waals surface area contributed by atoms with Crippen molar-refractivity contribution in [3.8, 4) is 0 Å². The van der Waals surface area contributed by atoms with E-state index >= 15 is 0 Å². The van der Waals surface area contributed by atoms with Crippen LogP contribution in [0.15, 0.2) is 0 Å². The van der Waals surface area contributed by atoms with Crippen molar-refractivity contribution >= 4 is 30.5 Å². The number of nitrogens with two attached hydrogens (primary N) is 1. The molecule has 9 heteroatoms. The molecule has 0 rings (SSSR count). The van der Waals surface area contributed by atoms with Gasteiger partial charge in [-0.1, -0.05) is 0 Å². The molecule has 0 spiro atoms. The molecule has 0 amide bonds. The fourth-order valence-electron chi connectivity index (χ4n) is 0.796. The third-order valence-corrected chi connectivity index (χ3v) is 1.49. The summed E-state index contributed by atoms with van der Waals surface area (Å²) < 4.78 is 9.91. The molecule has 0 aromatic carbocycles. The summed E-state index contributed by atoms with van der Waals surface area (Å²) in [7, 11) is 0. The molecule has 0 saturated carbocycles. The molecule has 0 bridgehead atoms. The van der Waals surface area contributed by atoms with Crippen LogP contribution in [0.25, 0.3) is 0 Å². The van der Waals surface area contributed by atoms with E-state index in [-0.39, 0.29) is 12.4 Å². The molecule has 132 valence electrons.